The maximum atomic E-state index is 13.1. The van der Waals surface area contributed by atoms with Gasteiger partial charge in [0.2, 0.25) is 5.95 Å². The summed E-state index contributed by atoms with van der Waals surface area (Å²) in [6, 6.07) is 17.5. The van der Waals surface area contributed by atoms with Crippen LogP contribution in [-0.4, -0.2) is 22.8 Å². The second kappa shape index (κ2) is 8.53. The summed E-state index contributed by atoms with van der Waals surface area (Å²) in [5, 5.41) is 11.4. The van der Waals surface area contributed by atoms with E-state index in [2.05, 4.69) is 15.3 Å². The lowest BCUT2D eigenvalue weighted by molar-refractivity contribution is 0.369. The first-order valence-electron chi connectivity index (χ1n) is 9.32. The van der Waals surface area contributed by atoms with Gasteiger partial charge >= 0.3 is 0 Å². The van der Waals surface area contributed by atoms with Gasteiger partial charge in [0.05, 0.1) is 18.5 Å². The number of rotatable bonds is 5. The van der Waals surface area contributed by atoms with Crippen molar-refractivity contribution < 1.29 is 9.13 Å². The monoisotopic (exact) mass is 398 g/mol. The number of benzene rings is 2. The number of methoxy groups -OCH3 is 1. The molecule has 2 aromatic carbocycles. The molecule has 0 fully saturated rings. The van der Waals surface area contributed by atoms with Gasteiger partial charge in [0, 0.05) is 28.6 Å². The summed E-state index contributed by atoms with van der Waals surface area (Å²) in [6.07, 6.45) is 7.11. The van der Waals surface area contributed by atoms with Crippen molar-refractivity contribution in [1.29, 1.82) is 5.41 Å². The minimum absolute atomic E-state index is 0.304. The smallest absolute Gasteiger partial charge is 0.227 e. The normalized spacial score (nSPS) is 14.9. The molecule has 0 bridgehead atoms. The molecule has 2 N–H and O–H groups in total. The number of nitrogens with zero attached hydrogens (tertiary/aromatic N) is 2. The Kier molecular flexibility index (Phi) is 5.48. The first kappa shape index (κ1) is 19.3. The van der Waals surface area contributed by atoms with Gasteiger partial charge in [-0.3, -0.25) is 0 Å². The predicted molar refractivity (Wildman–Crippen MR) is 117 cm³/mol. The fourth-order valence-corrected chi connectivity index (χ4v) is 3.11. The van der Waals surface area contributed by atoms with Gasteiger partial charge in [0.25, 0.3) is 0 Å². The van der Waals surface area contributed by atoms with Crippen molar-refractivity contribution in [2.24, 2.45) is 0 Å². The molecule has 1 aliphatic carbocycles. The van der Waals surface area contributed by atoms with Crippen molar-refractivity contribution in [1.82, 2.24) is 9.97 Å². The standard InChI is InChI=1S/C24H19FN4O/c1-30-23(16-5-3-2-4-6-16)20-15-17(7-12-21(20)26)22-13-14-27-24(29-22)28-19-10-8-18(25)9-11-19/h2-15,26H,1H3,(H,27,28,29)/b23-20-,26-21?. The van der Waals surface area contributed by atoms with Crippen molar-refractivity contribution in [3.63, 3.8) is 0 Å². The van der Waals surface area contributed by atoms with Crippen molar-refractivity contribution in [3.05, 3.63) is 108 Å². The van der Waals surface area contributed by atoms with Gasteiger partial charge in [0.15, 0.2) is 0 Å². The number of allylic oxidation sites excluding steroid dienone is 5. The van der Waals surface area contributed by atoms with Gasteiger partial charge in [-0.05, 0) is 42.5 Å². The molecule has 1 aromatic heterocycles. The SMILES string of the molecule is CO/C(=C1/C=C(c2ccnc(Nc3ccc(F)cc3)n2)C=CC1=N)c1ccccc1. The summed E-state index contributed by atoms with van der Waals surface area (Å²) in [6.45, 7) is 0. The average Bonchev–Trinajstić information content (AvgIpc) is 2.78. The molecule has 4 rings (SSSR count). The maximum Gasteiger partial charge on any atom is 0.227 e. The van der Waals surface area contributed by atoms with Crippen LogP contribution >= 0.6 is 0 Å². The zero-order chi connectivity index (χ0) is 20.9. The second-order valence-electron chi connectivity index (χ2n) is 6.56. The topological polar surface area (TPSA) is 70.9 Å². The quantitative estimate of drug-likeness (QED) is 0.565. The third-order valence-corrected chi connectivity index (χ3v) is 4.56. The number of halogens is 1. The van der Waals surface area contributed by atoms with Crippen LogP contribution < -0.4 is 5.32 Å². The van der Waals surface area contributed by atoms with E-state index < -0.39 is 0 Å². The van der Waals surface area contributed by atoms with E-state index in [1.807, 2.05) is 42.5 Å². The minimum atomic E-state index is -0.304. The largest absolute Gasteiger partial charge is 0.495 e. The van der Waals surface area contributed by atoms with Crippen LogP contribution in [0.5, 0.6) is 0 Å². The van der Waals surface area contributed by atoms with Crippen LogP contribution in [0.3, 0.4) is 0 Å². The Bertz CT molecular complexity index is 1170. The summed E-state index contributed by atoms with van der Waals surface area (Å²) in [5.74, 6) is 0.720. The lowest BCUT2D eigenvalue weighted by Gasteiger charge is -2.16. The van der Waals surface area contributed by atoms with Crippen molar-refractivity contribution >= 4 is 28.7 Å². The van der Waals surface area contributed by atoms with Crippen LogP contribution in [0, 0.1) is 11.2 Å². The van der Waals surface area contributed by atoms with E-state index in [1.54, 1.807) is 37.6 Å². The molecule has 0 radical (unpaired) electrons. The van der Waals surface area contributed by atoms with Gasteiger partial charge in [-0.2, -0.15) is 0 Å². The Morgan fingerprint density at radius 2 is 1.77 bits per heavy atom. The fourth-order valence-electron chi connectivity index (χ4n) is 3.11. The molecule has 1 aliphatic rings. The molecule has 0 unspecified atom stereocenters. The van der Waals surface area contributed by atoms with Crippen LogP contribution in [-0.2, 0) is 4.74 Å². The third kappa shape index (κ3) is 4.17. The summed E-state index contributed by atoms with van der Waals surface area (Å²) in [7, 11) is 1.60. The first-order valence-corrected chi connectivity index (χ1v) is 9.32. The lowest BCUT2D eigenvalue weighted by atomic mass is 9.95. The zero-order valence-corrected chi connectivity index (χ0v) is 16.3. The molecule has 0 spiro atoms. The van der Waals surface area contributed by atoms with E-state index >= 15 is 0 Å². The molecule has 1 heterocycles. The highest BCUT2D eigenvalue weighted by molar-refractivity contribution is 6.16. The lowest BCUT2D eigenvalue weighted by Crippen LogP contribution is -2.07. The number of hydrogen-bond donors (Lipinski definition) is 2. The molecule has 0 amide bonds. The Labute approximate surface area is 173 Å². The van der Waals surface area contributed by atoms with Gasteiger partial charge in [-0.25, -0.2) is 14.4 Å². The van der Waals surface area contributed by atoms with Crippen LogP contribution in [0.1, 0.15) is 11.3 Å². The third-order valence-electron chi connectivity index (χ3n) is 4.56. The predicted octanol–water partition coefficient (Wildman–Crippen LogP) is 5.39. The van der Waals surface area contributed by atoms with Crippen LogP contribution in [0.15, 0.2) is 90.7 Å². The van der Waals surface area contributed by atoms with E-state index in [0.717, 1.165) is 11.1 Å². The molecule has 0 atom stereocenters. The van der Waals surface area contributed by atoms with Crippen molar-refractivity contribution in [2.45, 2.75) is 0 Å². The van der Waals surface area contributed by atoms with Gasteiger partial charge in [-0.15, -0.1) is 0 Å². The van der Waals surface area contributed by atoms with E-state index in [9.17, 15) is 4.39 Å². The molecule has 0 saturated carbocycles. The Balaban J connectivity index is 1.69. The second-order valence-corrected chi connectivity index (χ2v) is 6.56. The highest BCUT2D eigenvalue weighted by atomic mass is 19.1. The van der Waals surface area contributed by atoms with Crippen LogP contribution in [0.2, 0.25) is 0 Å². The van der Waals surface area contributed by atoms with E-state index in [1.165, 1.54) is 12.1 Å². The summed E-state index contributed by atoms with van der Waals surface area (Å²) in [5.41, 5.74) is 4.14. The van der Waals surface area contributed by atoms with Crippen molar-refractivity contribution in [2.75, 3.05) is 12.4 Å². The summed E-state index contributed by atoms with van der Waals surface area (Å²) >= 11 is 0. The highest BCUT2D eigenvalue weighted by Gasteiger charge is 2.17. The molecular formula is C24H19FN4O. The summed E-state index contributed by atoms with van der Waals surface area (Å²) < 4.78 is 18.7. The fraction of sp³-hybridized carbons (Fsp3) is 0.0417. The Morgan fingerprint density at radius 1 is 1.00 bits per heavy atom. The van der Waals surface area contributed by atoms with E-state index in [0.29, 0.717) is 34.4 Å². The zero-order valence-electron chi connectivity index (χ0n) is 16.3. The Morgan fingerprint density at radius 3 is 2.50 bits per heavy atom. The van der Waals surface area contributed by atoms with Crippen LogP contribution in [0.25, 0.3) is 11.3 Å². The molecular weight excluding hydrogens is 379 g/mol. The minimum Gasteiger partial charge on any atom is -0.495 e. The Hall–Kier alpha value is -4.06. The van der Waals surface area contributed by atoms with Gasteiger partial charge < -0.3 is 15.5 Å². The molecule has 30 heavy (non-hydrogen) atoms. The number of hydrogen-bond acceptors (Lipinski definition) is 5. The summed E-state index contributed by atoms with van der Waals surface area (Å²) in [4.78, 5) is 8.80. The molecule has 5 nitrogen and oxygen atoms in total. The first-order chi connectivity index (χ1) is 14.6. The van der Waals surface area contributed by atoms with Gasteiger partial charge in [0.1, 0.15) is 11.6 Å². The number of ether oxygens (including phenoxy) is 1. The number of anilines is 2. The molecule has 0 saturated heterocycles. The highest BCUT2D eigenvalue weighted by Crippen LogP contribution is 2.28. The van der Waals surface area contributed by atoms with Gasteiger partial charge in [-0.1, -0.05) is 36.4 Å². The maximum absolute atomic E-state index is 13.1. The molecule has 3 aromatic rings. The van der Waals surface area contributed by atoms with E-state index in [-0.39, 0.29) is 5.82 Å². The average molecular weight is 398 g/mol. The number of aromatic nitrogens is 2. The van der Waals surface area contributed by atoms with E-state index in [4.69, 9.17) is 10.1 Å². The van der Waals surface area contributed by atoms with Crippen molar-refractivity contribution in [3.8, 4) is 0 Å². The molecule has 148 valence electrons. The molecule has 6 heteroatoms. The van der Waals surface area contributed by atoms with Crippen LogP contribution in [0.4, 0.5) is 16.0 Å². The molecule has 0 aliphatic heterocycles. The number of nitrogens with one attached hydrogen (secondary N) is 2.